The molecular weight excluding hydrogens is 543 g/mol. The number of unbranched alkanes of at least 4 members (excludes halogenated alkanes) is 2. The van der Waals surface area contributed by atoms with Crippen molar-refractivity contribution in [3.63, 3.8) is 0 Å². The van der Waals surface area contributed by atoms with Crippen molar-refractivity contribution < 1.29 is 33.2 Å². The first-order chi connectivity index (χ1) is 20.5. The molecule has 0 amide bonds. The Morgan fingerprint density at radius 2 is 2.00 bits per heavy atom. The molecule has 3 aliphatic heterocycles. The molecule has 1 aromatic carbocycles. The SMILES string of the molecule is COc1cc(CCCCCO[C@@H]2CCN([C@@H](C(=O)O)c3cc(N4CCOCC4)cc(F)c3OC)C2)nc2c1CCCN2. The van der Waals surface area contributed by atoms with Crippen LogP contribution in [-0.2, 0) is 27.1 Å². The third-order valence-corrected chi connectivity index (χ3v) is 8.39. The zero-order chi connectivity index (χ0) is 29.5. The number of methoxy groups -OCH3 is 2. The van der Waals surface area contributed by atoms with E-state index in [0.29, 0.717) is 57.3 Å². The molecule has 0 aliphatic carbocycles. The van der Waals surface area contributed by atoms with Gasteiger partial charge in [0.15, 0.2) is 11.6 Å². The van der Waals surface area contributed by atoms with E-state index in [9.17, 15) is 9.90 Å². The number of morpholine rings is 1. The number of carbonyl (C=O) groups is 1. The van der Waals surface area contributed by atoms with Gasteiger partial charge in [0.05, 0.1) is 33.5 Å². The molecule has 0 saturated carbocycles. The van der Waals surface area contributed by atoms with Gasteiger partial charge in [-0.05, 0) is 44.6 Å². The Hall–Kier alpha value is -3.15. The summed E-state index contributed by atoms with van der Waals surface area (Å²) in [5.41, 5.74) is 3.18. The van der Waals surface area contributed by atoms with E-state index in [0.717, 1.165) is 68.8 Å². The number of likely N-dealkylation sites (tertiary alicyclic amines) is 1. The van der Waals surface area contributed by atoms with E-state index in [1.807, 2.05) is 9.80 Å². The molecule has 10 nitrogen and oxygen atoms in total. The quantitative estimate of drug-likeness (QED) is 0.334. The first kappa shape index (κ1) is 30.3. The van der Waals surface area contributed by atoms with Crippen LogP contribution in [0.5, 0.6) is 11.5 Å². The van der Waals surface area contributed by atoms with Gasteiger partial charge < -0.3 is 34.3 Å². The number of pyridine rings is 1. The summed E-state index contributed by atoms with van der Waals surface area (Å²) >= 11 is 0. The van der Waals surface area contributed by atoms with Gasteiger partial charge in [0.25, 0.3) is 0 Å². The van der Waals surface area contributed by atoms with Crippen molar-refractivity contribution in [3.05, 3.63) is 40.8 Å². The summed E-state index contributed by atoms with van der Waals surface area (Å²) in [4.78, 5) is 21.2. The summed E-state index contributed by atoms with van der Waals surface area (Å²) in [7, 11) is 3.09. The van der Waals surface area contributed by atoms with Crippen molar-refractivity contribution in [2.24, 2.45) is 0 Å². The maximum absolute atomic E-state index is 15.1. The molecular formula is C31H43FN4O6. The average Bonchev–Trinajstić information content (AvgIpc) is 3.46. The van der Waals surface area contributed by atoms with Gasteiger partial charge in [-0.2, -0.15) is 0 Å². The lowest BCUT2D eigenvalue weighted by Crippen LogP contribution is -2.37. The van der Waals surface area contributed by atoms with Crippen molar-refractivity contribution >= 4 is 17.5 Å². The summed E-state index contributed by atoms with van der Waals surface area (Å²) < 4.78 is 37.6. The molecule has 5 rings (SSSR count). The fraction of sp³-hybridized carbons (Fsp3) is 0.613. The molecule has 2 atom stereocenters. The zero-order valence-corrected chi connectivity index (χ0v) is 24.7. The fourth-order valence-corrected chi connectivity index (χ4v) is 6.24. The van der Waals surface area contributed by atoms with Gasteiger partial charge in [0.1, 0.15) is 17.6 Å². The summed E-state index contributed by atoms with van der Waals surface area (Å²) in [6.07, 6.45) is 6.55. The Labute approximate surface area is 247 Å². The van der Waals surface area contributed by atoms with Gasteiger partial charge in [-0.1, -0.05) is 6.42 Å². The standard InChI is InChI=1S/C31H43FN4O6/c1-39-27-17-21(34-30-24(27)8-6-10-33-30)7-4-3-5-14-42-23-9-11-36(20-23)28(31(37)38)25-18-22(19-26(32)29(25)40-2)35-12-15-41-16-13-35/h17-19,23,28H,3-16,20H2,1-2H3,(H,33,34)(H,37,38)/t23-,28-/m1/s1. The second kappa shape index (κ2) is 14.3. The van der Waals surface area contributed by atoms with E-state index in [2.05, 4.69) is 11.4 Å². The maximum Gasteiger partial charge on any atom is 0.325 e. The van der Waals surface area contributed by atoms with Gasteiger partial charge in [0.2, 0.25) is 0 Å². The Balaban J connectivity index is 1.12. The summed E-state index contributed by atoms with van der Waals surface area (Å²) in [6, 6.07) is 4.20. The number of benzene rings is 1. The van der Waals surface area contributed by atoms with Gasteiger partial charge in [0, 0.05) is 74.0 Å². The Kier molecular flexibility index (Phi) is 10.4. The van der Waals surface area contributed by atoms with Gasteiger partial charge >= 0.3 is 5.97 Å². The van der Waals surface area contributed by atoms with Gasteiger partial charge in [-0.15, -0.1) is 0 Å². The van der Waals surface area contributed by atoms with Crippen LogP contribution in [0.1, 0.15) is 55.0 Å². The largest absolute Gasteiger partial charge is 0.496 e. The number of aryl methyl sites for hydroxylation is 1. The predicted molar refractivity (Wildman–Crippen MR) is 157 cm³/mol. The lowest BCUT2D eigenvalue weighted by molar-refractivity contribution is -0.143. The molecule has 0 spiro atoms. The molecule has 0 bridgehead atoms. The van der Waals surface area contributed by atoms with Crippen molar-refractivity contribution in [1.82, 2.24) is 9.88 Å². The number of hydrogen-bond donors (Lipinski definition) is 2. The van der Waals surface area contributed by atoms with Gasteiger partial charge in [-0.3, -0.25) is 9.69 Å². The van der Waals surface area contributed by atoms with Crippen LogP contribution in [0.4, 0.5) is 15.9 Å². The molecule has 2 fully saturated rings. The molecule has 3 aliphatic rings. The van der Waals surface area contributed by atoms with Crippen LogP contribution in [0.15, 0.2) is 18.2 Å². The summed E-state index contributed by atoms with van der Waals surface area (Å²) in [5.74, 6) is 0.262. The lowest BCUT2D eigenvalue weighted by Gasteiger charge is -2.31. The summed E-state index contributed by atoms with van der Waals surface area (Å²) in [6.45, 7) is 4.92. The van der Waals surface area contributed by atoms with Crippen molar-refractivity contribution in [1.29, 1.82) is 0 Å². The Morgan fingerprint density at radius 1 is 1.17 bits per heavy atom. The number of carboxylic acids is 1. The molecule has 1 aromatic heterocycles. The smallest absolute Gasteiger partial charge is 0.325 e. The first-order valence-electron chi connectivity index (χ1n) is 15.1. The molecule has 42 heavy (non-hydrogen) atoms. The van der Waals surface area contributed by atoms with E-state index >= 15 is 4.39 Å². The van der Waals surface area contributed by atoms with Crippen molar-refractivity contribution in [3.8, 4) is 11.5 Å². The van der Waals surface area contributed by atoms with E-state index in [1.54, 1.807) is 13.2 Å². The molecule has 4 heterocycles. The number of nitrogens with zero attached hydrogens (tertiary/aromatic N) is 3. The summed E-state index contributed by atoms with van der Waals surface area (Å²) in [5, 5.41) is 13.6. The van der Waals surface area contributed by atoms with Crippen LogP contribution in [0, 0.1) is 5.82 Å². The average molecular weight is 587 g/mol. The topological polar surface area (TPSA) is 106 Å². The minimum Gasteiger partial charge on any atom is -0.496 e. The van der Waals surface area contributed by atoms with E-state index in [4.69, 9.17) is 23.9 Å². The van der Waals surface area contributed by atoms with Crippen molar-refractivity contribution in [2.75, 3.05) is 77.0 Å². The highest BCUT2D eigenvalue weighted by atomic mass is 19.1. The molecule has 2 saturated heterocycles. The normalized spacial score (nSPS) is 19.7. The highest BCUT2D eigenvalue weighted by Crippen LogP contribution is 2.38. The fourth-order valence-electron chi connectivity index (χ4n) is 6.24. The maximum atomic E-state index is 15.1. The number of hydrogen-bond acceptors (Lipinski definition) is 9. The Morgan fingerprint density at radius 3 is 2.76 bits per heavy atom. The number of ether oxygens (including phenoxy) is 4. The second-order valence-corrected chi connectivity index (χ2v) is 11.2. The lowest BCUT2D eigenvalue weighted by atomic mass is 10.0. The van der Waals surface area contributed by atoms with Gasteiger partial charge in [-0.25, -0.2) is 9.37 Å². The van der Waals surface area contributed by atoms with E-state index < -0.39 is 17.8 Å². The van der Waals surface area contributed by atoms with Crippen molar-refractivity contribution in [2.45, 2.75) is 57.1 Å². The van der Waals surface area contributed by atoms with Crippen LogP contribution >= 0.6 is 0 Å². The predicted octanol–water partition coefficient (Wildman–Crippen LogP) is 4.06. The highest BCUT2D eigenvalue weighted by Gasteiger charge is 2.37. The third kappa shape index (κ3) is 7.07. The monoisotopic (exact) mass is 586 g/mol. The number of nitrogens with one attached hydrogen (secondary N) is 1. The van der Waals surface area contributed by atoms with Crippen LogP contribution < -0.4 is 19.7 Å². The number of fused-ring (bicyclic) bond motifs is 1. The van der Waals surface area contributed by atoms with Crippen LogP contribution in [-0.4, -0.2) is 93.8 Å². The number of halogens is 1. The van der Waals surface area contributed by atoms with E-state index in [1.165, 1.54) is 18.7 Å². The molecule has 0 unspecified atom stereocenters. The minimum atomic E-state index is -1.03. The minimum absolute atomic E-state index is 0.0226. The van der Waals surface area contributed by atoms with Crippen LogP contribution in [0.3, 0.4) is 0 Å². The second-order valence-electron chi connectivity index (χ2n) is 11.2. The molecule has 2 aromatic rings. The van der Waals surface area contributed by atoms with Crippen LogP contribution in [0.2, 0.25) is 0 Å². The number of carboxylic acid groups (broad SMARTS) is 1. The molecule has 2 N–H and O–H groups in total. The zero-order valence-electron chi connectivity index (χ0n) is 24.7. The Bertz CT molecular complexity index is 1210. The van der Waals surface area contributed by atoms with E-state index in [-0.39, 0.29) is 11.9 Å². The number of anilines is 2. The third-order valence-electron chi connectivity index (χ3n) is 8.39. The molecule has 11 heteroatoms. The molecule has 230 valence electrons. The number of rotatable bonds is 13. The number of aromatic nitrogens is 1. The molecule has 0 radical (unpaired) electrons. The number of aliphatic carboxylic acids is 1. The van der Waals surface area contributed by atoms with Crippen LogP contribution in [0.25, 0.3) is 0 Å². The first-order valence-corrected chi connectivity index (χ1v) is 15.1. The highest BCUT2D eigenvalue weighted by molar-refractivity contribution is 5.78.